The van der Waals surface area contributed by atoms with Crippen LogP contribution >= 0.6 is 0 Å². The molecule has 6 rings (SSSR count). The van der Waals surface area contributed by atoms with Crippen molar-refractivity contribution in [1.29, 1.82) is 0 Å². The second kappa shape index (κ2) is 12.8. The summed E-state index contributed by atoms with van der Waals surface area (Å²) in [5.74, 6) is -0.196. The monoisotopic (exact) mass is 556 g/mol. The van der Waals surface area contributed by atoms with Gasteiger partial charge in [-0.15, -0.1) is 0 Å². The first-order chi connectivity index (χ1) is 20.6. The largest absolute Gasteiger partial charge is 0.316 e. The summed E-state index contributed by atoms with van der Waals surface area (Å²) in [6.45, 7) is 3.28. The van der Waals surface area contributed by atoms with Crippen LogP contribution in [0.15, 0.2) is 97.1 Å². The van der Waals surface area contributed by atoms with Crippen LogP contribution in [0.2, 0.25) is 0 Å². The normalized spacial score (nSPS) is 18.8. The fourth-order valence-electron chi connectivity index (χ4n) is 6.63. The van der Waals surface area contributed by atoms with Crippen LogP contribution < -0.4 is 10.6 Å². The molecule has 42 heavy (non-hydrogen) atoms. The van der Waals surface area contributed by atoms with Crippen LogP contribution in [-0.4, -0.2) is 43.5 Å². The first kappa shape index (κ1) is 28.0. The van der Waals surface area contributed by atoms with Gasteiger partial charge in [-0.25, -0.2) is 0 Å². The average Bonchev–Trinajstić information content (AvgIpc) is 3.08. The van der Waals surface area contributed by atoms with Crippen molar-refractivity contribution in [3.05, 3.63) is 142 Å². The van der Waals surface area contributed by atoms with Gasteiger partial charge in [-0.05, 0) is 61.7 Å². The Labute approximate surface area is 247 Å². The van der Waals surface area contributed by atoms with Crippen LogP contribution in [0.3, 0.4) is 0 Å². The smallest absolute Gasteiger partial charge is 0.193 e. The molecule has 4 aromatic carbocycles. The van der Waals surface area contributed by atoms with Gasteiger partial charge in [-0.3, -0.25) is 14.4 Å². The molecule has 0 bridgehead atoms. The molecule has 0 radical (unpaired) electrons. The quantitative estimate of drug-likeness (QED) is 0.249. The molecule has 2 fully saturated rings. The zero-order valence-corrected chi connectivity index (χ0v) is 23.8. The minimum Gasteiger partial charge on any atom is -0.316 e. The average molecular weight is 557 g/mol. The second-order valence-corrected chi connectivity index (χ2v) is 11.3. The lowest BCUT2D eigenvalue weighted by Crippen LogP contribution is -2.32. The van der Waals surface area contributed by atoms with Gasteiger partial charge in [0.25, 0.3) is 0 Å². The number of carbonyl (C=O) groups is 3. The summed E-state index contributed by atoms with van der Waals surface area (Å²) in [6.07, 6.45) is 3.76. The number of hydrogen-bond acceptors (Lipinski definition) is 5. The van der Waals surface area contributed by atoms with Gasteiger partial charge in [-0.1, -0.05) is 97.1 Å². The van der Waals surface area contributed by atoms with Gasteiger partial charge in [-0.2, -0.15) is 0 Å². The number of carbonyl (C=O) groups excluding carboxylic acids is 3. The number of piperidine rings is 2. The molecule has 2 aliphatic rings. The SMILES string of the molecule is O=C(c1ccccc1)c1cccc(C(=O)c2cccc(C(=O)c3ccccc3)c2C2CCCNC2)c1C1CCCNC1. The minimum atomic E-state index is -0.124. The predicted octanol–water partition coefficient (Wildman–Crippen LogP) is 6.31. The number of rotatable bonds is 8. The lowest BCUT2D eigenvalue weighted by Gasteiger charge is -2.29. The van der Waals surface area contributed by atoms with Crippen molar-refractivity contribution in [3.8, 4) is 0 Å². The van der Waals surface area contributed by atoms with Crippen LogP contribution in [0.4, 0.5) is 0 Å². The summed E-state index contributed by atoms with van der Waals surface area (Å²) in [4.78, 5) is 42.4. The molecule has 0 saturated carbocycles. The van der Waals surface area contributed by atoms with E-state index in [0.29, 0.717) is 46.5 Å². The van der Waals surface area contributed by atoms with E-state index in [2.05, 4.69) is 10.6 Å². The van der Waals surface area contributed by atoms with E-state index in [-0.39, 0.29) is 29.2 Å². The van der Waals surface area contributed by atoms with Crippen LogP contribution in [0.5, 0.6) is 0 Å². The second-order valence-electron chi connectivity index (χ2n) is 11.3. The molecule has 2 atom stereocenters. The molecule has 2 saturated heterocycles. The maximum absolute atomic E-state index is 14.7. The van der Waals surface area contributed by atoms with Gasteiger partial charge in [0.05, 0.1) is 0 Å². The van der Waals surface area contributed by atoms with Crippen molar-refractivity contribution in [2.75, 3.05) is 26.2 Å². The first-order valence-corrected chi connectivity index (χ1v) is 15.0. The maximum Gasteiger partial charge on any atom is 0.193 e. The lowest BCUT2D eigenvalue weighted by atomic mass is 9.78. The van der Waals surface area contributed by atoms with Crippen LogP contribution in [-0.2, 0) is 0 Å². The van der Waals surface area contributed by atoms with Crippen molar-refractivity contribution >= 4 is 17.3 Å². The summed E-state index contributed by atoms with van der Waals surface area (Å²) in [5.41, 5.74) is 5.12. The molecule has 5 heteroatoms. The highest BCUT2D eigenvalue weighted by Gasteiger charge is 2.31. The Morgan fingerprint density at radius 2 is 0.857 bits per heavy atom. The van der Waals surface area contributed by atoms with Crippen LogP contribution in [0, 0.1) is 0 Å². The summed E-state index contributed by atoms with van der Waals surface area (Å²) >= 11 is 0. The highest BCUT2D eigenvalue weighted by atomic mass is 16.1. The third-order valence-corrected chi connectivity index (χ3v) is 8.67. The Balaban J connectivity index is 1.51. The summed E-state index contributed by atoms with van der Waals surface area (Å²) in [7, 11) is 0. The molecular formula is C37H36N2O3. The van der Waals surface area contributed by atoms with Gasteiger partial charge >= 0.3 is 0 Å². The molecule has 212 valence electrons. The van der Waals surface area contributed by atoms with E-state index in [1.165, 1.54) is 0 Å². The molecule has 2 N–H and O–H groups in total. The lowest BCUT2D eigenvalue weighted by molar-refractivity contribution is 0.102. The maximum atomic E-state index is 14.7. The van der Waals surface area contributed by atoms with Gasteiger partial charge < -0.3 is 10.6 Å². The molecule has 2 aliphatic heterocycles. The summed E-state index contributed by atoms with van der Waals surface area (Å²) < 4.78 is 0. The number of ketones is 3. The Morgan fingerprint density at radius 1 is 0.476 bits per heavy atom. The summed E-state index contributed by atoms with van der Waals surface area (Å²) in [5, 5.41) is 6.95. The van der Waals surface area contributed by atoms with Gasteiger partial charge in [0, 0.05) is 46.5 Å². The third kappa shape index (κ3) is 5.63. The molecule has 0 aliphatic carbocycles. The molecule has 4 aromatic rings. The fraction of sp³-hybridized carbons (Fsp3) is 0.270. The molecule has 5 nitrogen and oxygen atoms in total. The van der Waals surface area contributed by atoms with E-state index < -0.39 is 0 Å². The van der Waals surface area contributed by atoms with Crippen molar-refractivity contribution in [2.45, 2.75) is 37.5 Å². The third-order valence-electron chi connectivity index (χ3n) is 8.67. The van der Waals surface area contributed by atoms with Gasteiger partial charge in [0.2, 0.25) is 0 Å². The standard InChI is InChI=1S/C37H36N2O3/c40-35(25-11-3-1-4-12-25)29-17-7-19-31(33(29)27-15-9-21-38-23-27)37(42)32-20-8-18-30(34(32)28-16-10-22-39-24-28)36(41)26-13-5-2-6-14-26/h1-8,11-14,17-20,27-28,38-39H,9-10,15-16,21-24H2. The van der Waals surface area contributed by atoms with Crippen molar-refractivity contribution < 1.29 is 14.4 Å². The van der Waals surface area contributed by atoms with E-state index in [1.54, 1.807) is 0 Å². The molecule has 0 amide bonds. The Kier molecular flexibility index (Phi) is 8.50. The Hall–Kier alpha value is -4.19. The van der Waals surface area contributed by atoms with Crippen molar-refractivity contribution in [1.82, 2.24) is 10.6 Å². The molecular weight excluding hydrogens is 520 g/mol. The predicted molar refractivity (Wildman–Crippen MR) is 166 cm³/mol. The number of benzene rings is 4. The molecule has 0 spiro atoms. The number of hydrogen-bond donors (Lipinski definition) is 2. The van der Waals surface area contributed by atoms with E-state index in [0.717, 1.165) is 49.9 Å². The molecule has 2 heterocycles. The molecule has 2 unspecified atom stereocenters. The van der Waals surface area contributed by atoms with E-state index >= 15 is 0 Å². The minimum absolute atomic E-state index is 0.0375. The van der Waals surface area contributed by atoms with E-state index in [9.17, 15) is 14.4 Å². The van der Waals surface area contributed by atoms with Crippen molar-refractivity contribution in [2.24, 2.45) is 0 Å². The van der Waals surface area contributed by atoms with Crippen molar-refractivity contribution in [3.63, 3.8) is 0 Å². The Bertz CT molecular complexity index is 1470. The highest BCUT2D eigenvalue weighted by Crippen LogP contribution is 2.36. The van der Waals surface area contributed by atoms with E-state index in [4.69, 9.17) is 0 Å². The fourth-order valence-corrected chi connectivity index (χ4v) is 6.63. The van der Waals surface area contributed by atoms with E-state index in [1.807, 2.05) is 97.1 Å². The van der Waals surface area contributed by atoms with Gasteiger partial charge in [0.1, 0.15) is 0 Å². The van der Waals surface area contributed by atoms with Crippen LogP contribution in [0.25, 0.3) is 0 Å². The Morgan fingerprint density at radius 3 is 1.21 bits per heavy atom. The van der Waals surface area contributed by atoms with Crippen LogP contribution in [0.1, 0.15) is 96.4 Å². The zero-order chi connectivity index (χ0) is 28.9. The highest BCUT2D eigenvalue weighted by molar-refractivity contribution is 6.17. The topological polar surface area (TPSA) is 75.3 Å². The summed E-state index contributed by atoms with van der Waals surface area (Å²) in [6, 6.07) is 29.6. The molecule has 0 aromatic heterocycles. The van der Waals surface area contributed by atoms with Gasteiger partial charge in [0.15, 0.2) is 17.3 Å². The first-order valence-electron chi connectivity index (χ1n) is 15.0. The zero-order valence-electron chi connectivity index (χ0n) is 23.8. The number of nitrogens with one attached hydrogen (secondary N) is 2.